The van der Waals surface area contributed by atoms with E-state index in [4.69, 9.17) is 9.84 Å². The van der Waals surface area contributed by atoms with Crippen molar-refractivity contribution in [3.8, 4) is 11.5 Å². The molecule has 19 heavy (non-hydrogen) atoms. The number of hydrogen-bond donors (Lipinski definition) is 1. The van der Waals surface area contributed by atoms with Crippen molar-refractivity contribution in [1.29, 1.82) is 0 Å². The van der Waals surface area contributed by atoms with E-state index in [0.29, 0.717) is 10.2 Å². The van der Waals surface area contributed by atoms with Crippen molar-refractivity contribution in [2.45, 2.75) is 0 Å². The van der Waals surface area contributed by atoms with E-state index >= 15 is 0 Å². The van der Waals surface area contributed by atoms with Gasteiger partial charge in [0, 0.05) is 4.47 Å². The molecule has 0 aliphatic carbocycles. The minimum Gasteiger partial charge on any atom is -0.478 e. The van der Waals surface area contributed by atoms with Crippen LogP contribution in [0.2, 0.25) is 0 Å². The van der Waals surface area contributed by atoms with Crippen LogP contribution in [-0.2, 0) is 0 Å². The van der Waals surface area contributed by atoms with Crippen LogP contribution in [0, 0.1) is 5.82 Å². The van der Waals surface area contributed by atoms with Crippen LogP contribution in [0.3, 0.4) is 0 Å². The van der Waals surface area contributed by atoms with Crippen molar-refractivity contribution in [3.63, 3.8) is 0 Å². The van der Waals surface area contributed by atoms with Gasteiger partial charge in [-0.25, -0.2) is 9.18 Å². The topological polar surface area (TPSA) is 46.5 Å². The number of rotatable bonds is 3. The first kappa shape index (κ1) is 14.0. The standard InChI is InChI=1S/C13H7Br2FO3/c14-7-1-3-12(10(15)5-7)19-11-4-2-8(16)6-9(11)13(17)18/h1-6H,(H,17,18). The summed E-state index contributed by atoms with van der Waals surface area (Å²) in [6.07, 6.45) is 0. The van der Waals surface area contributed by atoms with Crippen molar-refractivity contribution in [3.05, 3.63) is 56.7 Å². The molecule has 2 aromatic rings. The van der Waals surface area contributed by atoms with Crippen LogP contribution >= 0.6 is 31.9 Å². The van der Waals surface area contributed by atoms with Gasteiger partial charge in [0.2, 0.25) is 0 Å². The summed E-state index contributed by atoms with van der Waals surface area (Å²) in [5.41, 5.74) is -0.227. The van der Waals surface area contributed by atoms with Crippen molar-refractivity contribution >= 4 is 37.8 Å². The maximum absolute atomic E-state index is 13.0. The predicted octanol–water partition coefficient (Wildman–Crippen LogP) is 4.84. The molecule has 0 fully saturated rings. The summed E-state index contributed by atoms with van der Waals surface area (Å²) < 4.78 is 20.0. The summed E-state index contributed by atoms with van der Waals surface area (Å²) in [6.45, 7) is 0. The predicted molar refractivity (Wildman–Crippen MR) is 75.3 cm³/mol. The van der Waals surface area contributed by atoms with Gasteiger partial charge in [-0.3, -0.25) is 0 Å². The van der Waals surface area contributed by atoms with Crippen LogP contribution in [0.5, 0.6) is 11.5 Å². The average molecular weight is 390 g/mol. The third-order valence-corrected chi connectivity index (χ3v) is 3.40. The molecule has 0 unspecified atom stereocenters. The summed E-state index contributed by atoms with van der Waals surface area (Å²) in [5.74, 6) is -1.35. The molecule has 2 aromatic carbocycles. The lowest BCUT2D eigenvalue weighted by atomic mass is 10.2. The van der Waals surface area contributed by atoms with Gasteiger partial charge < -0.3 is 9.84 Å². The monoisotopic (exact) mass is 388 g/mol. The number of carboxylic acids is 1. The number of carbonyl (C=O) groups is 1. The van der Waals surface area contributed by atoms with Crippen molar-refractivity contribution < 1.29 is 19.0 Å². The third-order valence-electron chi connectivity index (χ3n) is 2.29. The molecule has 98 valence electrons. The molecule has 0 saturated carbocycles. The highest BCUT2D eigenvalue weighted by Gasteiger charge is 2.14. The molecule has 0 atom stereocenters. The summed E-state index contributed by atoms with van der Waals surface area (Å²) in [7, 11) is 0. The van der Waals surface area contributed by atoms with Gasteiger partial charge in [-0.1, -0.05) is 15.9 Å². The highest BCUT2D eigenvalue weighted by molar-refractivity contribution is 9.11. The van der Waals surface area contributed by atoms with E-state index in [9.17, 15) is 9.18 Å². The molecule has 6 heteroatoms. The van der Waals surface area contributed by atoms with E-state index in [1.165, 1.54) is 6.07 Å². The molecule has 3 nitrogen and oxygen atoms in total. The Morgan fingerprint density at radius 1 is 1.11 bits per heavy atom. The van der Waals surface area contributed by atoms with Gasteiger partial charge >= 0.3 is 5.97 Å². The maximum Gasteiger partial charge on any atom is 0.339 e. The van der Waals surface area contributed by atoms with E-state index in [1.807, 2.05) is 0 Å². The van der Waals surface area contributed by atoms with Crippen molar-refractivity contribution in [1.82, 2.24) is 0 Å². The second kappa shape index (κ2) is 5.71. The summed E-state index contributed by atoms with van der Waals surface area (Å²) in [6, 6.07) is 8.54. The summed E-state index contributed by atoms with van der Waals surface area (Å²) in [5, 5.41) is 9.02. The van der Waals surface area contributed by atoms with E-state index in [0.717, 1.165) is 16.6 Å². The van der Waals surface area contributed by atoms with Crippen LogP contribution in [0.4, 0.5) is 4.39 Å². The third kappa shape index (κ3) is 3.33. The zero-order chi connectivity index (χ0) is 14.0. The van der Waals surface area contributed by atoms with E-state index in [-0.39, 0.29) is 11.3 Å². The molecule has 0 aromatic heterocycles. The van der Waals surface area contributed by atoms with E-state index in [1.54, 1.807) is 18.2 Å². The molecule has 0 saturated heterocycles. The minimum absolute atomic E-state index is 0.0805. The fourth-order valence-electron chi connectivity index (χ4n) is 1.43. The molecule has 0 amide bonds. The number of halogens is 3. The first-order chi connectivity index (χ1) is 8.97. The zero-order valence-corrected chi connectivity index (χ0v) is 12.5. The maximum atomic E-state index is 13.0. The fraction of sp³-hybridized carbons (Fsp3) is 0. The summed E-state index contributed by atoms with van der Waals surface area (Å²) in [4.78, 5) is 11.0. The molecular formula is C13H7Br2FO3. The molecule has 0 aliphatic heterocycles. The molecule has 0 aliphatic rings. The number of hydrogen-bond acceptors (Lipinski definition) is 2. The first-order valence-electron chi connectivity index (χ1n) is 5.13. The van der Waals surface area contributed by atoms with E-state index < -0.39 is 11.8 Å². The van der Waals surface area contributed by atoms with Gasteiger partial charge in [0.15, 0.2) is 0 Å². The van der Waals surface area contributed by atoms with Crippen LogP contribution in [-0.4, -0.2) is 11.1 Å². The number of ether oxygens (including phenoxy) is 1. The molecular weight excluding hydrogens is 383 g/mol. The van der Waals surface area contributed by atoms with Crippen LogP contribution in [0.1, 0.15) is 10.4 Å². The summed E-state index contributed by atoms with van der Waals surface area (Å²) >= 11 is 6.60. The highest BCUT2D eigenvalue weighted by atomic mass is 79.9. The van der Waals surface area contributed by atoms with Crippen LogP contribution in [0.25, 0.3) is 0 Å². The SMILES string of the molecule is O=C(O)c1cc(F)ccc1Oc1ccc(Br)cc1Br. The Balaban J connectivity index is 2.40. The Bertz CT molecular complexity index is 644. The Morgan fingerprint density at radius 3 is 2.42 bits per heavy atom. The number of carboxylic acid groups (broad SMARTS) is 1. The lowest BCUT2D eigenvalue weighted by Gasteiger charge is -2.10. The molecule has 0 spiro atoms. The minimum atomic E-state index is -1.25. The normalized spacial score (nSPS) is 10.3. The van der Waals surface area contributed by atoms with Crippen molar-refractivity contribution in [2.24, 2.45) is 0 Å². The van der Waals surface area contributed by atoms with Gasteiger partial charge in [0.1, 0.15) is 22.9 Å². The Labute approximate surface area is 125 Å². The lowest BCUT2D eigenvalue weighted by Crippen LogP contribution is -2.01. The molecule has 0 radical (unpaired) electrons. The Morgan fingerprint density at radius 2 is 1.79 bits per heavy atom. The Hall–Kier alpha value is -1.40. The lowest BCUT2D eigenvalue weighted by molar-refractivity contribution is 0.0693. The van der Waals surface area contributed by atoms with Gasteiger partial charge in [0.25, 0.3) is 0 Å². The van der Waals surface area contributed by atoms with Gasteiger partial charge in [-0.2, -0.15) is 0 Å². The van der Waals surface area contributed by atoms with Gasteiger partial charge in [0.05, 0.1) is 4.47 Å². The second-order valence-electron chi connectivity index (χ2n) is 3.62. The molecule has 1 N–H and O–H groups in total. The first-order valence-corrected chi connectivity index (χ1v) is 6.71. The van der Waals surface area contributed by atoms with Crippen LogP contribution in [0.15, 0.2) is 45.3 Å². The molecule has 0 bridgehead atoms. The number of aromatic carboxylic acids is 1. The number of benzene rings is 2. The Kier molecular flexibility index (Phi) is 4.21. The van der Waals surface area contributed by atoms with Gasteiger partial charge in [-0.05, 0) is 52.3 Å². The second-order valence-corrected chi connectivity index (χ2v) is 5.39. The van der Waals surface area contributed by atoms with Crippen LogP contribution < -0.4 is 4.74 Å². The van der Waals surface area contributed by atoms with Crippen molar-refractivity contribution in [2.75, 3.05) is 0 Å². The fourth-order valence-corrected chi connectivity index (χ4v) is 2.56. The van der Waals surface area contributed by atoms with Gasteiger partial charge in [-0.15, -0.1) is 0 Å². The van der Waals surface area contributed by atoms with E-state index in [2.05, 4.69) is 31.9 Å². The zero-order valence-electron chi connectivity index (χ0n) is 9.36. The largest absolute Gasteiger partial charge is 0.478 e. The molecule has 2 rings (SSSR count). The smallest absolute Gasteiger partial charge is 0.339 e. The highest BCUT2D eigenvalue weighted by Crippen LogP contribution is 2.33. The molecule has 0 heterocycles. The average Bonchev–Trinajstić information content (AvgIpc) is 2.34. The quantitative estimate of drug-likeness (QED) is 0.816.